The van der Waals surface area contributed by atoms with Crippen LogP contribution in [0, 0.1) is 11.3 Å². The molecule has 1 spiro atoms. The molecule has 0 radical (unpaired) electrons. The summed E-state index contributed by atoms with van der Waals surface area (Å²) < 4.78 is 0. The summed E-state index contributed by atoms with van der Waals surface area (Å²) in [6.45, 7) is 3.67. The highest BCUT2D eigenvalue weighted by Gasteiger charge is 2.53. The Morgan fingerprint density at radius 2 is 2.00 bits per heavy atom. The molecule has 0 heterocycles. The van der Waals surface area contributed by atoms with E-state index in [4.69, 9.17) is 0 Å². The second-order valence-electron chi connectivity index (χ2n) is 3.71. The summed E-state index contributed by atoms with van der Waals surface area (Å²) in [5.41, 5.74) is -0.734. The monoisotopic (exact) mass is 176 g/mol. The lowest BCUT2D eigenvalue weighted by molar-refractivity contribution is -0.135. The average molecular weight is 176 g/mol. The van der Waals surface area contributed by atoms with E-state index in [2.05, 4.69) is 6.58 Å². The van der Waals surface area contributed by atoms with Crippen LogP contribution in [0.3, 0.4) is 0 Å². The third-order valence-corrected chi connectivity index (χ3v) is 3.18. The van der Waals surface area contributed by atoms with E-state index in [0.717, 1.165) is 0 Å². The van der Waals surface area contributed by atoms with Gasteiger partial charge in [0, 0.05) is 18.8 Å². The molecule has 2 nitrogen and oxygen atoms in total. The van der Waals surface area contributed by atoms with Crippen LogP contribution in [0.15, 0.2) is 24.8 Å². The fourth-order valence-corrected chi connectivity index (χ4v) is 2.41. The number of ketones is 2. The summed E-state index contributed by atoms with van der Waals surface area (Å²) >= 11 is 0. The average Bonchev–Trinajstić information content (AvgIpc) is 2.67. The Morgan fingerprint density at radius 1 is 1.38 bits per heavy atom. The van der Waals surface area contributed by atoms with E-state index >= 15 is 0 Å². The number of allylic oxidation sites excluding steroid dienone is 3. The molecule has 1 unspecified atom stereocenters. The maximum atomic E-state index is 11.7. The van der Waals surface area contributed by atoms with Crippen LogP contribution in [0.1, 0.15) is 19.3 Å². The summed E-state index contributed by atoms with van der Waals surface area (Å²) in [7, 11) is 0. The first-order chi connectivity index (χ1) is 6.21. The standard InChI is InChI=1S/C11H12O2/c1-2-8-4-3-7-11(8)9(12)5-6-10(11)13/h2-4,8H,1,5-7H2. The molecule has 2 heteroatoms. The summed E-state index contributed by atoms with van der Waals surface area (Å²) in [6, 6.07) is 0. The quantitative estimate of drug-likeness (QED) is 0.450. The number of carbonyl (C=O) groups is 2. The lowest BCUT2D eigenvalue weighted by Gasteiger charge is -2.25. The summed E-state index contributed by atoms with van der Waals surface area (Å²) in [6.07, 6.45) is 6.99. The van der Waals surface area contributed by atoms with Crippen LogP contribution in [0.4, 0.5) is 0 Å². The zero-order chi connectivity index (χ0) is 9.47. The van der Waals surface area contributed by atoms with Gasteiger partial charge in [0.1, 0.15) is 17.0 Å². The van der Waals surface area contributed by atoms with E-state index in [1.54, 1.807) is 6.08 Å². The molecule has 2 aliphatic rings. The smallest absolute Gasteiger partial charge is 0.148 e. The molecule has 0 aromatic rings. The van der Waals surface area contributed by atoms with Crippen molar-refractivity contribution in [3.8, 4) is 0 Å². The highest BCUT2D eigenvalue weighted by Crippen LogP contribution is 2.46. The third kappa shape index (κ3) is 0.886. The Bertz CT molecular complexity index is 296. The van der Waals surface area contributed by atoms with E-state index in [0.29, 0.717) is 19.3 Å². The second-order valence-corrected chi connectivity index (χ2v) is 3.71. The number of hydrogen-bond acceptors (Lipinski definition) is 2. The first-order valence-corrected chi connectivity index (χ1v) is 4.57. The summed E-state index contributed by atoms with van der Waals surface area (Å²) in [5, 5.41) is 0. The Morgan fingerprint density at radius 3 is 2.54 bits per heavy atom. The molecule has 0 aliphatic heterocycles. The zero-order valence-electron chi connectivity index (χ0n) is 7.45. The Labute approximate surface area is 77.3 Å². The number of Topliss-reactive ketones (excluding diaryl/α,β-unsaturated/α-hetero) is 2. The number of rotatable bonds is 1. The van der Waals surface area contributed by atoms with Crippen LogP contribution in [0.5, 0.6) is 0 Å². The first-order valence-electron chi connectivity index (χ1n) is 4.57. The van der Waals surface area contributed by atoms with Crippen molar-refractivity contribution >= 4 is 11.6 Å². The Hall–Kier alpha value is -1.18. The lowest BCUT2D eigenvalue weighted by atomic mass is 9.74. The predicted molar refractivity (Wildman–Crippen MR) is 49.1 cm³/mol. The zero-order valence-corrected chi connectivity index (χ0v) is 7.45. The molecular formula is C11H12O2. The van der Waals surface area contributed by atoms with Crippen molar-refractivity contribution in [1.29, 1.82) is 0 Å². The van der Waals surface area contributed by atoms with Gasteiger partial charge in [-0.2, -0.15) is 0 Å². The predicted octanol–water partition coefficient (Wildman–Crippen LogP) is 1.67. The second kappa shape index (κ2) is 2.66. The van der Waals surface area contributed by atoms with Gasteiger partial charge < -0.3 is 0 Å². The van der Waals surface area contributed by atoms with Gasteiger partial charge in [-0.1, -0.05) is 18.2 Å². The molecule has 0 aromatic carbocycles. The van der Waals surface area contributed by atoms with Crippen LogP contribution < -0.4 is 0 Å². The van der Waals surface area contributed by atoms with Gasteiger partial charge in [-0.15, -0.1) is 6.58 Å². The minimum absolute atomic E-state index is 0.0602. The topological polar surface area (TPSA) is 34.1 Å². The van der Waals surface area contributed by atoms with Crippen molar-refractivity contribution in [3.05, 3.63) is 24.8 Å². The van der Waals surface area contributed by atoms with Crippen molar-refractivity contribution in [2.45, 2.75) is 19.3 Å². The number of carbonyl (C=O) groups excluding carboxylic acids is 2. The van der Waals surface area contributed by atoms with Gasteiger partial charge in [-0.3, -0.25) is 9.59 Å². The molecule has 1 saturated carbocycles. The lowest BCUT2D eigenvalue weighted by Crippen LogP contribution is -2.36. The molecule has 13 heavy (non-hydrogen) atoms. The van der Waals surface area contributed by atoms with Crippen molar-refractivity contribution in [2.24, 2.45) is 11.3 Å². The highest BCUT2D eigenvalue weighted by molar-refractivity contribution is 6.14. The minimum Gasteiger partial charge on any atom is -0.299 e. The molecule has 68 valence electrons. The molecule has 0 saturated heterocycles. The fraction of sp³-hybridized carbons (Fsp3) is 0.455. The summed E-state index contributed by atoms with van der Waals surface area (Å²) in [4.78, 5) is 23.3. The van der Waals surface area contributed by atoms with Gasteiger partial charge in [-0.05, 0) is 6.42 Å². The minimum atomic E-state index is -0.734. The maximum Gasteiger partial charge on any atom is 0.148 e. The van der Waals surface area contributed by atoms with Gasteiger partial charge in [0.25, 0.3) is 0 Å². The summed E-state index contributed by atoms with van der Waals surface area (Å²) in [5.74, 6) is 0.148. The maximum absolute atomic E-state index is 11.7. The van der Waals surface area contributed by atoms with Gasteiger partial charge in [-0.25, -0.2) is 0 Å². The first kappa shape index (κ1) is 8.42. The van der Waals surface area contributed by atoms with Gasteiger partial charge in [0.2, 0.25) is 0 Å². The fourth-order valence-electron chi connectivity index (χ4n) is 2.41. The van der Waals surface area contributed by atoms with Gasteiger partial charge in [0.15, 0.2) is 0 Å². The van der Waals surface area contributed by atoms with E-state index in [1.807, 2.05) is 12.2 Å². The SMILES string of the molecule is C=CC1C=CCC12C(=O)CCC2=O. The molecule has 0 amide bonds. The highest BCUT2D eigenvalue weighted by atomic mass is 16.2. The molecule has 1 atom stereocenters. The number of hydrogen-bond donors (Lipinski definition) is 0. The van der Waals surface area contributed by atoms with E-state index in [1.165, 1.54) is 0 Å². The van der Waals surface area contributed by atoms with E-state index < -0.39 is 5.41 Å². The van der Waals surface area contributed by atoms with Crippen LogP contribution in [-0.4, -0.2) is 11.6 Å². The van der Waals surface area contributed by atoms with Gasteiger partial charge >= 0.3 is 0 Å². The Kier molecular flexibility index (Phi) is 1.72. The van der Waals surface area contributed by atoms with Crippen LogP contribution in [0.25, 0.3) is 0 Å². The largest absolute Gasteiger partial charge is 0.299 e. The molecule has 2 aliphatic carbocycles. The van der Waals surface area contributed by atoms with E-state index in [9.17, 15) is 9.59 Å². The normalized spacial score (nSPS) is 30.3. The van der Waals surface area contributed by atoms with Crippen molar-refractivity contribution in [2.75, 3.05) is 0 Å². The van der Waals surface area contributed by atoms with Crippen LogP contribution in [-0.2, 0) is 9.59 Å². The van der Waals surface area contributed by atoms with Crippen molar-refractivity contribution in [3.63, 3.8) is 0 Å². The van der Waals surface area contributed by atoms with Crippen molar-refractivity contribution < 1.29 is 9.59 Å². The molecular weight excluding hydrogens is 164 g/mol. The third-order valence-electron chi connectivity index (χ3n) is 3.18. The van der Waals surface area contributed by atoms with Crippen molar-refractivity contribution in [1.82, 2.24) is 0 Å². The molecule has 0 N–H and O–H groups in total. The molecule has 0 bridgehead atoms. The molecule has 1 fully saturated rings. The van der Waals surface area contributed by atoms with E-state index in [-0.39, 0.29) is 17.5 Å². The Balaban J connectivity index is 2.44. The van der Waals surface area contributed by atoms with Crippen LogP contribution in [0.2, 0.25) is 0 Å². The van der Waals surface area contributed by atoms with Crippen LogP contribution >= 0.6 is 0 Å². The van der Waals surface area contributed by atoms with Gasteiger partial charge in [0.05, 0.1) is 0 Å². The molecule has 0 aromatic heterocycles. The molecule has 2 rings (SSSR count).